The zero-order chi connectivity index (χ0) is 14.7. The highest BCUT2D eigenvalue weighted by Gasteiger charge is 2.32. The second-order valence-electron chi connectivity index (χ2n) is 5.85. The van der Waals surface area contributed by atoms with Gasteiger partial charge in [-0.2, -0.15) is 13.2 Å². The van der Waals surface area contributed by atoms with Gasteiger partial charge in [0.05, 0.1) is 6.54 Å². The van der Waals surface area contributed by atoms with Crippen molar-refractivity contribution in [1.29, 1.82) is 0 Å². The van der Waals surface area contributed by atoms with Crippen molar-refractivity contribution in [2.75, 3.05) is 6.54 Å². The molecule has 1 aliphatic carbocycles. The number of rotatable bonds is 3. The van der Waals surface area contributed by atoms with Crippen LogP contribution in [-0.4, -0.2) is 36.5 Å². The van der Waals surface area contributed by atoms with Gasteiger partial charge in [-0.1, -0.05) is 0 Å². The van der Waals surface area contributed by atoms with Crippen molar-refractivity contribution in [2.24, 2.45) is 0 Å². The number of halogens is 3. The van der Waals surface area contributed by atoms with Gasteiger partial charge in [0.1, 0.15) is 5.60 Å². The summed E-state index contributed by atoms with van der Waals surface area (Å²) in [6.45, 7) is 4.29. The van der Waals surface area contributed by atoms with Crippen molar-refractivity contribution in [2.45, 2.75) is 63.9 Å². The molecule has 1 fully saturated rings. The first-order chi connectivity index (χ1) is 8.55. The lowest BCUT2D eigenvalue weighted by Crippen LogP contribution is -2.40. The zero-order valence-corrected chi connectivity index (χ0v) is 11.4. The van der Waals surface area contributed by atoms with Crippen LogP contribution >= 0.6 is 0 Å². The molecule has 0 saturated heterocycles. The SMILES string of the molecule is CC(C)(C)OC(=O)N[C@@H]1CCC(NCC(F)(F)F)C1. The molecule has 2 atom stereocenters. The third kappa shape index (κ3) is 7.25. The number of ether oxygens (including phenoxy) is 1. The fourth-order valence-corrected chi connectivity index (χ4v) is 2.03. The first-order valence-corrected chi connectivity index (χ1v) is 6.35. The van der Waals surface area contributed by atoms with E-state index in [2.05, 4.69) is 10.6 Å². The minimum atomic E-state index is -4.20. The smallest absolute Gasteiger partial charge is 0.407 e. The molecule has 1 unspecified atom stereocenters. The molecule has 0 bridgehead atoms. The van der Waals surface area contributed by atoms with Crippen molar-refractivity contribution in [3.05, 3.63) is 0 Å². The standard InChI is InChI=1S/C12H21F3N2O2/c1-11(2,3)19-10(18)17-9-5-4-8(6-9)16-7-12(13,14)15/h8-9,16H,4-7H2,1-3H3,(H,17,18)/t8?,9-/m1/s1. The van der Waals surface area contributed by atoms with Crippen LogP contribution in [0.2, 0.25) is 0 Å². The molecular formula is C12H21F3N2O2. The minimum absolute atomic E-state index is 0.124. The number of nitrogens with one attached hydrogen (secondary N) is 2. The molecule has 0 aromatic carbocycles. The van der Waals surface area contributed by atoms with Crippen LogP contribution in [0.1, 0.15) is 40.0 Å². The third-order valence-corrected chi connectivity index (χ3v) is 2.74. The largest absolute Gasteiger partial charge is 0.444 e. The summed E-state index contributed by atoms with van der Waals surface area (Å²) in [5.74, 6) is 0. The summed E-state index contributed by atoms with van der Waals surface area (Å²) in [5, 5.41) is 5.14. The predicted molar refractivity (Wildman–Crippen MR) is 64.9 cm³/mol. The summed E-state index contributed by atoms with van der Waals surface area (Å²) < 4.78 is 41.2. The van der Waals surface area contributed by atoms with Crippen LogP contribution in [0.4, 0.5) is 18.0 Å². The van der Waals surface area contributed by atoms with Gasteiger partial charge in [-0.25, -0.2) is 4.79 Å². The van der Waals surface area contributed by atoms with Gasteiger partial charge in [0.15, 0.2) is 0 Å². The van der Waals surface area contributed by atoms with Crippen molar-refractivity contribution >= 4 is 6.09 Å². The Hall–Kier alpha value is -0.980. The lowest BCUT2D eigenvalue weighted by molar-refractivity contribution is -0.126. The normalized spacial score (nSPS) is 24.3. The number of hydrogen-bond donors (Lipinski definition) is 2. The molecule has 1 aliphatic rings. The first-order valence-electron chi connectivity index (χ1n) is 6.35. The molecule has 1 saturated carbocycles. The van der Waals surface area contributed by atoms with Gasteiger partial charge in [-0.05, 0) is 40.0 Å². The van der Waals surface area contributed by atoms with E-state index in [0.29, 0.717) is 19.3 Å². The van der Waals surface area contributed by atoms with Crippen LogP contribution < -0.4 is 10.6 Å². The molecule has 0 aromatic heterocycles. The second-order valence-corrected chi connectivity index (χ2v) is 5.85. The second kappa shape index (κ2) is 5.98. The van der Waals surface area contributed by atoms with Gasteiger partial charge in [0, 0.05) is 12.1 Å². The van der Waals surface area contributed by atoms with E-state index < -0.39 is 24.4 Å². The number of amides is 1. The fraction of sp³-hybridized carbons (Fsp3) is 0.917. The first kappa shape index (κ1) is 16.1. The lowest BCUT2D eigenvalue weighted by atomic mass is 10.2. The quantitative estimate of drug-likeness (QED) is 0.836. The maximum Gasteiger partial charge on any atom is 0.407 e. The van der Waals surface area contributed by atoms with E-state index in [1.54, 1.807) is 20.8 Å². The number of hydrogen-bond acceptors (Lipinski definition) is 3. The van der Waals surface area contributed by atoms with Gasteiger partial charge in [0.2, 0.25) is 0 Å². The molecule has 2 N–H and O–H groups in total. The average molecular weight is 282 g/mol. The van der Waals surface area contributed by atoms with Crippen molar-refractivity contribution < 1.29 is 22.7 Å². The van der Waals surface area contributed by atoms with E-state index in [1.165, 1.54) is 0 Å². The van der Waals surface area contributed by atoms with Crippen LogP contribution in [0.5, 0.6) is 0 Å². The third-order valence-electron chi connectivity index (χ3n) is 2.74. The Morgan fingerprint density at radius 2 is 1.79 bits per heavy atom. The highest BCUT2D eigenvalue weighted by atomic mass is 19.4. The molecule has 4 nitrogen and oxygen atoms in total. The Bertz CT molecular complexity index is 313. The van der Waals surface area contributed by atoms with Crippen LogP contribution in [0, 0.1) is 0 Å². The van der Waals surface area contributed by atoms with E-state index in [0.717, 1.165) is 0 Å². The van der Waals surface area contributed by atoms with Crippen LogP contribution in [0.3, 0.4) is 0 Å². The molecule has 0 radical (unpaired) electrons. The summed E-state index contributed by atoms with van der Waals surface area (Å²) in [4.78, 5) is 11.5. The zero-order valence-electron chi connectivity index (χ0n) is 11.4. The molecule has 0 heterocycles. The molecule has 0 spiro atoms. The Labute approximate surface area is 111 Å². The topological polar surface area (TPSA) is 50.4 Å². The number of carbonyl (C=O) groups is 1. The van der Waals surface area contributed by atoms with Gasteiger partial charge >= 0.3 is 12.3 Å². The van der Waals surface area contributed by atoms with Crippen LogP contribution in [0.25, 0.3) is 0 Å². The summed E-state index contributed by atoms with van der Waals surface area (Å²) in [7, 11) is 0. The summed E-state index contributed by atoms with van der Waals surface area (Å²) in [5.41, 5.74) is -0.573. The lowest BCUT2D eigenvalue weighted by Gasteiger charge is -2.22. The summed E-state index contributed by atoms with van der Waals surface area (Å²) >= 11 is 0. The molecule has 1 rings (SSSR count). The number of alkyl halides is 3. The van der Waals surface area contributed by atoms with E-state index in [9.17, 15) is 18.0 Å². The Kier molecular flexibility index (Phi) is 5.06. The van der Waals surface area contributed by atoms with Crippen molar-refractivity contribution in [1.82, 2.24) is 10.6 Å². The van der Waals surface area contributed by atoms with E-state index in [-0.39, 0.29) is 12.1 Å². The number of alkyl carbamates (subject to hydrolysis) is 1. The highest BCUT2D eigenvalue weighted by molar-refractivity contribution is 5.68. The van der Waals surface area contributed by atoms with E-state index >= 15 is 0 Å². The maximum atomic E-state index is 12.0. The van der Waals surface area contributed by atoms with Gasteiger partial charge in [0.25, 0.3) is 0 Å². The van der Waals surface area contributed by atoms with Crippen molar-refractivity contribution in [3.8, 4) is 0 Å². The van der Waals surface area contributed by atoms with E-state index in [4.69, 9.17) is 4.74 Å². The summed E-state index contributed by atoms with van der Waals surface area (Å²) in [6.07, 6.45) is -2.94. The Balaban J connectivity index is 2.27. The average Bonchev–Trinajstić information content (AvgIpc) is 2.58. The van der Waals surface area contributed by atoms with Gasteiger partial charge < -0.3 is 15.4 Å². The minimum Gasteiger partial charge on any atom is -0.444 e. The molecule has 112 valence electrons. The van der Waals surface area contributed by atoms with Gasteiger partial charge in [-0.3, -0.25) is 0 Å². The predicted octanol–water partition coefficient (Wildman–Crippen LogP) is 2.58. The van der Waals surface area contributed by atoms with Crippen LogP contribution in [-0.2, 0) is 4.74 Å². The Morgan fingerprint density at radius 1 is 1.21 bits per heavy atom. The molecule has 0 aromatic rings. The van der Waals surface area contributed by atoms with Crippen LogP contribution in [0.15, 0.2) is 0 Å². The highest BCUT2D eigenvalue weighted by Crippen LogP contribution is 2.21. The molecule has 1 amide bonds. The molecule has 0 aliphatic heterocycles. The number of carbonyl (C=O) groups excluding carboxylic acids is 1. The van der Waals surface area contributed by atoms with Crippen molar-refractivity contribution in [3.63, 3.8) is 0 Å². The maximum absolute atomic E-state index is 12.0. The Morgan fingerprint density at radius 3 is 2.32 bits per heavy atom. The molecule has 19 heavy (non-hydrogen) atoms. The summed E-state index contributed by atoms with van der Waals surface area (Å²) in [6, 6.07) is -0.331. The molecule has 7 heteroatoms. The fourth-order valence-electron chi connectivity index (χ4n) is 2.03. The monoisotopic (exact) mass is 282 g/mol. The van der Waals surface area contributed by atoms with E-state index in [1.807, 2.05) is 0 Å². The molecular weight excluding hydrogens is 261 g/mol. The van der Waals surface area contributed by atoms with Gasteiger partial charge in [-0.15, -0.1) is 0 Å².